The zero-order valence-corrected chi connectivity index (χ0v) is 79.1. The van der Waals surface area contributed by atoms with E-state index in [9.17, 15) is 33.6 Å². The van der Waals surface area contributed by atoms with Crippen molar-refractivity contribution in [2.24, 2.45) is 11.8 Å². The summed E-state index contributed by atoms with van der Waals surface area (Å²) in [6.45, 7) is 25.7. The van der Waals surface area contributed by atoms with Crippen molar-refractivity contribution in [3.05, 3.63) is 0 Å². The number of amides is 7. The van der Waals surface area contributed by atoms with Crippen molar-refractivity contribution in [3.63, 3.8) is 0 Å². The highest BCUT2D eigenvalue weighted by Crippen LogP contribution is 2.35. The fourth-order valence-corrected chi connectivity index (χ4v) is 22.3. The van der Waals surface area contributed by atoms with Crippen LogP contribution in [0.4, 0.5) is 4.79 Å². The van der Waals surface area contributed by atoms with Crippen molar-refractivity contribution in [3.8, 4) is 0 Å². The van der Waals surface area contributed by atoms with Crippen molar-refractivity contribution in [1.82, 2.24) is 89.0 Å². The molecule has 14 aliphatic rings. The van der Waals surface area contributed by atoms with Gasteiger partial charge in [0, 0.05) is 117 Å². The molecule has 6 atom stereocenters. The summed E-state index contributed by atoms with van der Waals surface area (Å²) >= 11 is 0. The van der Waals surface area contributed by atoms with Crippen LogP contribution >= 0.6 is 0 Å². The van der Waals surface area contributed by atoms with Gasteiger partial charge in [0.15, 0.2) is 0 Å². The average Bonchev–Trinajstić information content (AvgIpc) is 1.26. The first-order valence-corrected chi connectivity index (χ1v) is 49.0. The summed E-state index contributed by atoms with van der Waals surface area (Å²) in [7, 11) is 27.8. The fourth-order valence-electron chi connectivity index (χ4n) is 22.3. The molecule has 0 aromatic carbocycles. The first kappa shape index (κ1) is 101. The monoisotopic (exact) mass is 1690 g/mol. The first-order valence-electron chi connectivity index (χ1n) is 49.0. The molecule has 14 fully saturated rings. The van der Waals surface area contributed by atoms with Crippen LogP contribution < -0.4 is 10.6 Å². The Labute approximate surface area is 730 Å². The number of ether oxygens (including phenoxy) is 1. The van der Waals surface area contributed by atoms with Gasteiger partial charge in [-0.2, -0.15) is 0 Å². The van der Waals surface area contributed by atoms with Gasteiger partial charge in [0.1, 0.15) is 6.04 Å². The fraction of sp³-hybridized carbons (Fsp3) is 0.926. The number of nitrogens with zero attached hydrogens (tertiary/aromatic N) is 16. The topological polar surface area (TPSA) is 205 Å². The van der Waals surface area contributed by atoms with Crippen LogP contribution in [0.5, 0.6) is 0 Å². The summed E-state index contributed by atoms with van der Waals surface area (Å²) in [6.07, 6.45) is 44.5. The van der Waals surface area contributed by atoms with Crippen molar-refractivity contribution >= 4 is 41.5 Å². The van der Waals surface area contributed by atoms with Gasteiger partial charge in [-0.25, -0.2) is 4.79 Å². The molecule has 0 aliphatic carbocycles. The molecular weight excluding hydrogens is 1510 g/mol. The Bertz CT molecular complexity index is 2730. The van der Waals surface area contributed by atoms with Crippen molar-refractivity contribution in [2.45, 2.75) is 317 Å². The van der Waals surface area contributed by atoms with E-state index in [1.807, 2.05) is 35.1 Å². The number of methoxy groups -OCH3 is 1. The maximum Gasteiger partial charge on any atom is 0.323 e. The molecule has 2 N–H and O–H groups in total. The summed E-state index contributed by atoms with van der Waals surface area (Å²) in [5, 5.41) is 5.61. The minimum Gasteiger partial charge on any atom is -0.468 e. The number of carbonyl (C=O) groups excluding carboxylic acids is 7. The minimum absolute atomic E-state index is 0.00547. The molecule has 692 valence electrons. The SMILES string of the molecule is CCC(=O)N1CCCCC1C1CCN(C)CC1.CN1CCC(N2CCCCCC2=O)CC1.CN1CCC(N2CCCC[C@@H]2C(=O)N(C)C)CC1.CN1CCC(N2CCCC[C@H]2C(=O)N(C)C)CC1.CNC(=O)N1CCCCC1C1CCN(C)CC1.CNC(=O)[C@H]1CCCCN1C1CCN(C)CC1.COC(=O)C1CCCCCN1C1CCN(C)CC1. The van der Waals surface area contributed by atoms with Crippen LogP contribution in [-0.2, 0) is 33.5 Å². The maximum atomic E-state index is 12.3. The average molecular weight is 1690 g/mol. The van der Waals surface area contributed by atoms with E-state index in [1.54, 1.807) is 23.9 Å². The molecule has 0 spiro atoms. The van der Waals surface area contributed by atoms with Crippen LogP contribution in [0.15, 0.2) is 0 Å². The molecule has 0 aromatic rings. The molecule has 14 saturated heterocycles. The second-order valence-electron chi connectivity index (χ2n) is 39.1. The Morgan fingerprint density at radius 2 is 0.633 bits per heavy atom. The lowest BCUT2D eigenvalue weighted by Crippen LogP contribution is -2.55. The van der Waals surface area contributed by atoms with Gasteiger partial charge in [-0.1, -0.05) is 45.4 Å². The predicted octanol–water partition coefficient (Wildman–Crippen LogP) is 9.35. The number of esters is 1. The molecule has 7 amide bonds. The van der Waals surface area contributed by atoms with Crippen molar-refractivity contribution < 1.29 is 38.3 Å². The van der Waals surface area contributed by atoms with Crippen LogP contribution in [-0.4, -0.2) is 423 Å². The number of likely N-dealkylation sites (N-methyl/N-ethyl adjacent to an activating group) is 3. The van der Waals surface area contributed by atoms with E-state index in [0.29, 0.717) is 78.3 Å². The van der Waals surface area contributed by atoms with Crippen molar-refractivity contribution in [1.29, 1.82) is 0 Å². The van der Waals surface area contributed by atoms with Crippen LogP contribution in [0.1, 0.15) is 251 Å². The van der Waals surface area contributed by atoms with Crippen LogP contribution in [0, 0.1) is 11.8 Å². The smallest absolute Gasteiger partial charge is 0.323 e. The Morgan fingerprint density at radius 3 is 1.01 bits per heavy atom. The second-order valence-corrected chi connectivity index (χ2v) is 39.1. The van der Waals surface area contributed by atoms with Crippen LogP contribution in [0.25, 0.3) is 0 Å². The molecule has 26 heteroatoms. The quantitative estimate of drug-likeness (QED) is 0.175. The lowest BCUT2D eigenvalue weighted by Gasteiger charge is -2.44. The number of piperidine rings is 12. The Morgan fingerprint density at radius 1 is 0.333 bits per heavy atom. The van der Waals surface area contributed by atoms with Crippen LogP contribution in [0.2, 0.25) is 0 Å². The predicted molar refractivity (Wildman–Crippen MR) is 487 cm³/mol. The van der Waals surface area contributed by atoms with E-state index in [1.165, 1.54) is 259 Å². The van der Waals surface area contributed by atoms with E-state index in [0.717, 1.165) is 129 Å². The zero-order chi connectivity index (χ0) is 86.6. The van der Waals surface area contributed by atoms with Gasteiger partial charge in [0.05, 0.1) is 25.2 Å². The molecular formula is C94H178N18O8. The van der Waals surface area contributed by atoms with Crippen LogP contribution in [0.3, 0.4) is 0 Å². The van der Waals surface area contributed by atoms with E-state index in [4.69, 9.17) is 4.74 Å². The number of hydrogen-bond acceptors (Lipinski definition) is 19. The summed E-state index contributed by atoms with van der Waals surface area (Å²) in [4.78, 5) is 121. The standard InChI is InChI=1S/2C14H27N3O.C14H26N2O2.C14H26N2O.2C13H25N3O.C12H22N2O/c2*1-15(2)14(18)13-6-4-5-9-17(13)12-7-10-16(3)11-8-12;1-15-10-7-12(8-11-15)16-9-5-3-4-6-13(16)14(17)18-2;1-3-14(17)16-9-5-4-6-13(16)12-7-10-15(2)11-8-12;1-14-13(17)12-5-3-4-8-16(12)11-6-9-15(2)10-7-11;1-14-13(17)16-8-4-3-5-12(16)11-6-9-15(2)10-7-11;1-13-9-6-11(7-10-13)14-8-4-2-3-5-12(14)15/h2*12-13H,4-11H2,1-3H3;12-13H,3-11H2,1-2H3;12-13H,3-11H2,1-2H3;2*11-12H,3-10H2,1-2H3,(H,14,17);11H,2-10H2,1H3/t2*13-;;;12-;;/m10..1../s1. The highest BCUT2D eigenvalue weighted by atomic mass is 16.5. The molecule has 14 rings (SSSR count). The third-order valence-corrected chi connectivity index (χ3v) is 30.1. The van der Waals surface area contributed by atoms with Gasteiger partial charge in [-0.05, 0) is 372 Å². The number of urea groups is 1. The molecule has 0 radical (unpaired) electrons. The number of hydrogen-bond donors (Lipinski definition) is 2. The highest BCUT2D eigenvalue weighted by molar-refractivity contribution is 5.83. The van der Waals surface area contributed by atoms with Gasteiger partial charge >= 0.3 is 12.0 Å². The minimum atomic E-state index is -0.0316. The number of rotatable bonds is 12. The number of likely N-dealkylation sites (tertiary alicyclic amines) is 14. The molecule has 0 aromatic heterocycles. The molecule has 14 heterocycles. The maximum absolute atomic E-state index is 12.3. The van der Waals surface area contributed by atoms with E-state index >= 15 is 0 Å². The van der Waals surface area contributed by atoms with Gasteiger partial charge < -0.3 is 74.2 Å². The van der Waals surface area contributed by atoms with Gasteiger partial charge in [0.2, 0.25) is 29.5 Å². The third-order valence-electron chi connectivity index (χ3n) is 30.1. The summed E-state index contributed by atoms with van der Waals surface area (Å²) in [5.41, 5.74) is 0. The first-order chi connectivity index (χ1) is 57.8. The largest absolute Gasteiger partial charge is 0.468 e. The Hall–Kier alpha value is -4.35. The normalized spacial score (nSPS) is 28.3. The van der Waals surface area contributed by atoms with Crippen molar-refractivity contribution in [2.75, 3.05) is 236 Å². The summed E-state index contributed by atoms with van der Waals surface area (Å²) < 4.78 is 5.00. The van der Waals surface area contributed by atoms with E-state index in [-0.39, 0.29) is 42.1 Å². The lowest BCUT2D eigenvalue weighted by molar-refractivity contribution is -0.148. The summed E-state index contributed by atoms with van der Waals surface area (Å²) in [6, 6.07) is 4.53. The second kappa shape index (κ2) is 54.0. The Kier molecular flexibility index (Phi) is 45.4. The molecule has 3 unspecified atom stereocenters. The Balaban J connectivity index is 0.000000174. The molecule has 0 bridgehead atoms. The molecule has 120 heavy (non-hydrogen) atoms. The molecule has 14 aliphatic heterocycles. The molecule has 26 nitrogen and oxygen atoms in total. The number of carbonyl (C=O) groups is 7. The zero-order valence-electron chi connectivity index (χ0n) is 79.1. The van der Waals surface area contributed by atoms with E-state index in [2.05, 4.69) is 129 Å². The highest BCUT2D eigenvalue weighted by Gasteiger charge is 2.42. The third kappa shape index (κ3) is 31.9. The number of nitrogens with one attached hydrogen (secondary N) is 2. The lowest BCUT2D eigenvalue weighted by atomic mass is 9.83. The van der Waals surface area contributed by atoms with Gasteiger partial charge in [0.25, 0.3) is 0 Å². The van der Waals surface area contributed by atoms with E-state index < -0.39 is 0 Å². The van der Waals surface area contributed by atoms with Gasteiger partial charge in [-0.3, -0.25) is 48.4 Å². The molecule has 0 saturated carbocycles. The van der Waals surface area contributed by atoms with Gasteiger partial charge in [-0.15, -0.1) is 0 Å². The summed E-state index contributed by atoms with van der Waals surface area (Å²) in [5.74, 6) is 3.02.